The number of halogens is 1. The van der Waals surface area contributed by atoms with Crippen LogP contribution in [0.4, 0.5) is 10.1 Å². The highest BCUT2D eigenvalue weighted by Crippen LogP contribution is 2.19. The molecule has 17 heavy (non-hydrogen) atoms. The molecule has 2 rings (SSSR count). The Morgan fingerprint density at radius 1 is 1.47 bits per heavy atom. The van der Waals surface area contributed by atoms with E-state index in [1.165, 1.54) is 6.07 Å². The average Bonchev–Trinajstić information content (AvgIpc) is 2.76. The van der Waals surface area contributed by atoms with Crippen molar-refractivity contribution in [3.8, 4) is 0 Å². The SMILES string of the molecule is CNC1COCC1CN(C)c1cccc(F)c1. The Labute approximate surface area is 102 Å². The first-order valence-electron chi connectivity index (χ1n) is 5.92. The van der Waals surface area contributed by atoms with Gasteiger partial charge in [-0.2, -0.15) is 0 Å². The van der Waals surface area contributed by atoms with E-state index in [1.807, 2.05) is 20.2 Å². The molecular weight excluding hydrogens is 219 g/mol. The number of ether oxygens (including phenoxy) is 1. The number of hydrogen-bond acceptors (Lipinski definition) is 3. The summed E-state index contributed by atoms with van der Waals surface area (Å²) >= 11 is 0. The van der Waals surface area contributed by atoms with Gasteiger partial charge in [0.25, 0.3) is 0 Å². The van der Waals surface area contributed by atoms with Gasteiger partial charge in [0, 0.05) is 31.2 Å². The molecule has 1 N–H and O–H groups in total. The molecule has 94 valence electrons. The fourth-order valence-electron chi connectivity index (χ4n) is 2.27. The highest BCUT2D eigenvalue weighted by atomic mass is 19.1. The summed E-state index contributed by atoms with van der Waals surface area (Å²) < 4.78 is 18.6. The molecule has 4 heteroatoms. The number of anilines is 1. The van der Waals surface area contributed by atoms with Crippen LogP contribution in [0.5, 0.6) is 0 Å². The topological polar surface area (TPSA) is 24.5 Å². The van der Waals surface area contributed by atoms with Crippen molar-refractivity contribution in [2.45, 2.75) is 6.04 Å². The van der Waals surface area contributed by atoms with E-state index in [0.717, 1.165) is 25.4 Å². The minimum absolute atomic E-state index is 0.192. The van der Waals surface area contributed by atoms with Gasteiger partial charge in [-0.3, -0.25) is 0 Å². The van der Waals surface area contributed by atoms with Crippen molar-refractivity contribution in [3.63, 3.8) is 0 Å². The fourth-order valence-corrected chi connectivity index (χ4v) is 2.27. The molecule has 0 amide bonds. The van der Waals surface area contributed by atoms with Crippen molar-refractivity contribution >= 4 is 5.69 Å². The summed E-state index contributed by atoms with van der Waals surface area (Å²) in [5.41, 5.74) is 0.909. The van der Waals surface area contributed by atoms with Crippen LogP contribution in [0.15, 0.2) is 24.3 Å². The van der Waals surface area contributed by atoms with Gasteiger partial charge in [0.15, 0.2) is 0 Å². The number of rotatable bonds is 4. The van der Waals surface area contributed by atoms with Crippen LogP contribution < -0.4 is 10.2 Å². The lowest BCUT2D eigenvalue weighted by Crippen LogP contribution is -2.39. The van der Waals surface area contributed by atoms with Crippen LogP contribution in [0, 0.1) is 11.7 Å². The molecule has 0 radical (unpaired) electrons. The van der Waals surface area contributed by atoms with Crippen LogP contribution in [0.1, 0.15) is 0 Å². The second kappa shape index (κ2) is 5.47. The highest BCUT2D eigenvalue weighted by Gasteiger charge is 2.27. The Balaban J connectivity index is 1.99. The lowest BCUT2D eigenvalue weighted by atomic mass is 10.0. The second-order valence-electron chi connectivity index (χ2n) is 4.55. The lowest BCUT2D eigenvalue weighted by molar-refractivity contribution is 0.183. The van der Waals surface area contributed by atoms with E-state index in [9.17, 15) is 4.39 Å². The summed E-state index contributed by atoms with van der Waals surface area (Å²) in [6.07, 6.45) is 0. The number of hydrogen-bond donors (Lipinski definition) is 1. The van der Waals surface area contributed by atoms with Crippen molar-refractivity contribution in [1.29, 1.82) is 0 Å². The Bertz CT molecular complexity index is 372. The van der Waals surface area contributed by atoms with Gasteiger partial charge >= 0.3 is 0 Å². The highest BCUT2D eigenvalue weighted by molar-refractivity contribution is 5.45. The third-order valence-corrected chi connectivity index (χ3v) is 3.33. The molecule has 3 nitrogen and oxygen atoms in total. The van der Waals surface area contributed by atoms with Crippen LogP contribution in [0.25, 0.3) is 0 Å². The molecular formula is C13H19FN2O. The largest absolute Gasteiger partial charge is 0.379 e. The van der Waals surface area contributed by atoms with Crippen molar-refractivity contribution < 1.29 is 9.13 Å². The van der Waals surface area contributed by atoms with Gasteiger partial charge in [0.1, 0.15) is 5.82 Å². The van der Waals surface area contributed by atoms with Gasteiger partial charge in [-0.25, -0.2) is 4.39 Å². The minimum atomic E-state index is -0.192. The number of likely N-dealkylation sites (N-methyl/N-ethyl adjacent to an activating group) is 1. The molecule has 0 spiro atoms. The molecule has 1 saturated heterocycles. The normalized spacial score (nSPS) is 23.9. The van der Waals surface area contributed by atoms with Gasteiger partial charge < -0.3 is 15.0 Å². The molecule has 0 bridgehead atoms. The van der Waals surface area contributed by atoms with Crippen molar-refractivity contribution in [1.82, 2.24) is 5.32 Å². The molecule has 1 fully saturated rings. The van der Waals surface area contributed by atoms with Gasteiger partial charge in [-0.15, -0.1) is 0 Å². The standard InChI is InChI=1S/C13H19FN2O/c1-15-13-9-17-8-10(13)7-16(2)12-5-3-4-11(14)6-12/h3-6,10,13,15H,7-9H2,1-2H3. The molecule has 1 aromatic rings. The van der Waals surface area contributed by atoms with E-state index >= 15 is 0 Å². The summed E-state index contributed by atoms with van der Waals surface area (Å²) in [4.78, 5) is 2.08. The number of benzene rings is 1. The Morgan fingerprint density at radius 3 is 3.00 bits per heavy atom. The molecule has 1 aromatic carbocycles. The average molecular weight is 238 g/mol. The maximum Gasteiger partial charge on any atom is 0.125 e. The van der Waals surface area contributed by atoms with E-state index in [-0.39, 0.29) is 5.82 Å². The van der Waals surface area contributed by atoms with Crippen LogP contribution in [-0.2, 0) is 4.74 Å². The summed E-state index contributed by atoms with van der Waals surface area (Å²) in [5, 5.41) is 3.26. The molecule has 0 aromatic heterocycles. The van der Waals surface area contributed by atoms with E-state index in [2.05, 4.69) is 10.2 Å². The van der Waals surface area contributed by atoms with Crippen LogP contribution in [-0.4, -0.2) is 39.9 Å². The number of nitrogens with zero attached hydrogens (tertiary/aromatic N) is 1. The van der Waals surface area contributed by atoms with E-state index in [1.54, 1.807) is 12.1 Å². The van der Waals surface area contributed by atoms with Crippen LogP contribution in [0.3, 0.4) is 0 Å². The van der Waals surface area contributed by atoms with E-state index in [4.69, 9.17) is 4.74 Å². The fraction of sp³-hybridized carbons (Fsp3) is 0.538. The molecule has 0 saturated carbocycles. The first-order valence-corrected chi connectivity index (χ1v) is 5.92. The van der Waals surface area contributed by atoms with Crippen molar-refractivity contribution in [3.05, 3.63) is 30.1 Å². The van der Waals surface area contributed by atoms with Gasteiger partial charge in [0.05, 0.1) is 13.2 Å². The Morgan fingerprint density at radius 2 is 2.29 bits per heavy atom. The zero-order valence-corrected chi connectivity index (χ0v) is 10.3. The predicted octanol–water partition coefficient (Wildman–Crippen LogP) is 1.50. The predicted molar refractivity (Wildman–Crippen MR) is 66.8 cm³/mol. The molecule has 1 aliphatic rings. The summed E-state index contributed by atoms with van der Waals surface area (Å²) in [7, 11) is 3.94. The Hall–Kier alpha value is -1.13. The molecule has 0 aliphatic carbocycles. The molecule has 2 atom stereocenters. The van der Waals surface area contributed by atoms with Crippen LogP contribution >= 0.6 is 0 Å². The zero-order chi connectivity index (χ0) is 12.3. The van der Waals surface area contributed by atoms with Gasteiger partial charge in [0.2, 0.25) is 0 Å². The number of nitrogens with one attached hydrogen (secondary N) is 1. The van der Waals surface area contributed by atoms with Gasteiger partial charge in [-0.1, -0.05) is 6.07 Å². The van der Waals surface area contributed by atoms with Crippen molar-refractivity contribution in [2.75, 3.05) is 38.8 Å². The smallest absolute Gasteiger partial charge is 0.125 e. The first-order chi connectivity index (χ1) is 8.20. The van der Waals surface area contributed by atoms with Crippen molar-refractivity contribution in [2.24, 2.45) is 5.92 Å². The third-order valence-electron chi connectivity index (χ3n) is 3.33. The summed E-state index contributed by atoms with van der Waals surface area (Å²) in [6, 6.07) is 7.08. The quantitative estimate of drug-likeness (QED) is 0.860. The summed E-state index contributed by atoms with van der Waals surface area (Å²) in [5.74, 6) is 0.260. The summed E-state index contributed by atoms with van der Waals surface area (Å²) in [6.45, 7) is 2.40. The maximum atomic E-state index is 13.1. The minimum Gasteiger partial charge on any atom is -0.379 e. The second-order valence-corrected chi connectivity index (χ2v) is 4.55. The lowest BCUT2D eigenvalue weighted by Gasteiger charge is -2.25. The molecule has 1 aliphatic heterocycles. The van der Waals surface area contributed by atoms with Gasteiger partial charge in [-0.05, 0) is 25.2 Å². The maximum absolute atomic E-state index is 13.1. The zero-order valence-electron chi connectivity index (χ0n) is 10.3. The van der Waals surface area contributed by atoms with E-state index in [0.29, 0.717) is 12.0 Å². The monoisotopic (exact) mass is 238 g/mol. The van der Waals surface area contributed by atoms with Crippen LogP contribution in [0.2, 0.25) is 0 Å². The van der Waals surface area contributed by atoms with E-state index < -0.39 is 0 Å². The molecule has 2 unspecified atom stereocenters. The first kappa shape index (κ1) is 12.3. The third kappa shape index (κ3) is 2.96. The Kier molecular flexibility index (Phi) is 3.97. The molecule has 1 heterocycles.